The molecule has 1 aromatic carbocycles. The molecule has 27 heavy (non-hydrogen) atoms. The lowest BCUT2D eigenvalue weighted by Gasteiger charge is -2.23. The number of ether oxygens (including phenoxy) is 1. The number of hydrogen-bond acceptors (Lipinski definition) is 5. The van der Waals surface area contributed by atoms with E-state index in [-0.39, 0.29) is 11.8 Å². The first-order valence-corrected chi connectivity index (χ1v) is 9.01. The number of nitrogens with zero attached hydrogens (tertiary/aromatic N) is 4. The highest BCUT2D eigenvalue weighted by Gasteiger charge is 2.26. The van der Waals surface area contributed by atoms with E-state index in [1.165, 1.54) is 18.6 Å². The van der Waals surface area contributed by atoms with Gasteiger partial charge in [0.2, 0.25) is 0 Å². The van der Waals surface area contributed by atoms with Crippen molar-refractivity contribution < 1.29 is 14.3 Å². The number of hydrogen-bond donors (Lipinski definition) is 0. The second-order valence-electron chi connectivity index (χ2n) is 6.69. The fourth-order valence-electron chi connectivity index (χ4n) is 3.42. The van der Waals surface area contributed by atoms with E-state index < -0.39 is 0 Å². The maximum Gasteiger partial charge on any atom is 0.274 e. The Morgan fingerprint density at radius 2 is 1.70 bits per heavy atom. The Kier molecular flexibility index (Phi) is 5.69. The molecule has 0 radical (unpaired) electrons. The van der Waals surface area contributed by atoms with Crippen LogP contribution >= 0.6 is 0 Å². The number of methoxy groups -OCH3 is 1. The number of aryl methyl sites for hydroxylation is 2. The van der Waals surface area contributed by atoms with Crippen LogP contribution in [0.15, 0.2) is 30.7 Å². The third kappa shape index (κ3) is 4.07. The van der Waals surface area contributed by atoms with E-state index in [1.54, 1.807) is 16.9 Å². The fourth-order valence-corrected chi connectivity index (χ4v) is 3.42. The van der Waals surface area contributed by atoms with Gasteiger partial charge in [-0.1, -0.05) is 6.07 Å². The molecule has 1 fully saturated rings. The quantitative estimate of drug-likeness (QED) is 0.829. The maximum atomic E-state index is 13.1. The summed E-state index contributed by atoms with van der Waals surface area (Å²) in [7, 11) is 1.58. The zero-order valence-corrected chi connectivity index (χ0v) is 15.9. The predicted molar refractivity (Wildman–Crippen MR) is 101 cm³/mol. The lowest BCUT2D eigenvalue weighted by atomic mass is 10.0. The van der Waals surface area contributed by atoms with Crippen molar-refractivity contribution in [3.63, 3.8) is 0 Å². The summed E-state index contributed by atoms with van der Waals surface area (Å²) in [6.07, 6.45) is 5.23. The monoisotopic (exact) mass is 368 g/mol. The van der Waals surface area contributed by atoms with Crippen LogP contribution in [0, 0.1) is 13.8 Å². The third-order valence-corrected chi connectivity index (χ3v) is 4.73. The summed E-state index contributed by atoms with van der Waals surface area (Å²) in [5, 5.41) is 0. The summed E-state index contributed by atoms with van der Waals surface area (Å²) in [6, 6.07) is 3.86. The molecule has 7 nitrogen and oxygen atoms in total. The van der Waals surface area contributed by atoms with Crippen LogP contribution in [0.1, 0.15) is 38.4 Å². The van der Waals surface area contributed by atoms with E-state index in [9.17, 15) is 9.59 Å². The van der Waals surface area contributed by atoms with Gasteiger partial charge in [0.15, 0.2) is 0 Å². The van der Waals surface area contributed by atoms with Crippen molar-refractivity contribution >= 4 is 11.8 Å². The van der Waals surface area contributed by atoms with Crippen LogP contribution in [-0.2, 0) is 0 Å². The highest BCUT2D eigenvalue weighted by atomic mass is 16.5. The molecular weight excluding hydrogens is 344 g/mol. The Labute approximate surface area is 159 Å². The van der Waals surface area contributed by atoms with Crippen molar-refractivity contribution in [2.45, 2.75) is 20.3 Å². The van der Waals surface area contributed by atoms with E-state index in [1.807, 2.05) is 26.0 Å². The largest absolute Gasteiger partial charge is 0.496 e. The molecule has 0 spiro atoms. The molecule has 0 aliphatic carbocycles. The molecule has 1 aliphatic rings. The zero-order chi connectivity index (χ0) is 19.4. The molecule has 1 saturated heterocycles. The fraction of sp³-hybridized carbons (Fsp3) is 0.400. The topological polar surface area (TPSA) is 75.6 Å². The number of carbonyl (C=O) groups is 2. The first-order valence-electron chi connectivity index (χ1n) is 9.01. The van der Waals surface area contributed by atoms with E-state index >= 15 is 0 Å². The number of aromatic nitrogens is 2. The summed E-state index contributed by atoms with van der Waals surface area (Å²) in [5.41, 5.74) is 2.87. The normalized spacial score (nSPS) is 14.6. The van der Waals surface area contributed by atoms with Gasteiger partial charge in [0.1, 0.15) is 11.4 Å². The molecule has 0 bridgehead atoms. The van der Waals surface area contributed by atoms with Gasteiger partial charge in [-0.3, -0.25) is 14.6 Å². The number of amides is 2. The summed E-state index contributed by atoms with van der Waals surface area (Å²) in [4.78, 5) is 37.3. The molecular formula is C20H24N4O3. The van der Waals surface area contributed by atoms with E-state index in [0.717, 1.165) is 11.1 Å². The van der Waals surface area contributed by atoms with Crippen molar-refractivity contribution in [2.75, 3.05) is 33.3 Å². The average molecular weight is 368 g/mol. The summed E-state index contributed by atoms with van der Waals surface area (Å²) < 4.78 is 5.44. The van der Waals surface area contributed by atoms with E-state index in [0.29, 0.717) is 49.6 Å². The highest BCUT2D eigenvalue weighted by molar-refractivity contribution is 5.98. The SMILES string of the molecule is COc1cc(C)cc(C)c1C(=O)N1CCCN(C(=O)c2cnccn2)CC1. The first-order chi connectivity index (χ1) is 13.0. The van der Waals surface area contributed by atoms with Crippen LogP contribution in [-0.4, -0.2) is 64.9 Å². The van der Waals surface area contributed by atoms with Gasteiger partial charge in [-0.15, -0.1) is 0 Å². The summed E-state index contributed by atoms with van der Waals surface area (Å²) >= 11 is 0. The van der Waals surface area contributed by atoms with Crippen LogP contribution < -0.4 is 4.74 Å². The van der Waals surface area contributed by atoms with Gasteiger partial charge >= 0.3 is 0 Å². The molecule has 2 amide bonds. The van der Waals surface area contributed by atoms with E-state index in [4.69, 9.17) is 4.74 Å². The molecule has 0 unspecified atom stereocenters. The number of benzene rings is 1. The Morgan fingerprint density at radius 3 is 2.33 bits per heavy atom. The Morgan fingerprint density at radius 1 is 1.00 bits per heavy atom. The predicted octanol–water partition coefficient (Wildman–Crippen LogP) is 2.09. The van der Waals surface area contributed by atoms with E-state index in [2.05, 4.69) is 9.97 Å². The lowest BCUT2D eigenvalue weighted by Crippen LogP contribution is -2.38. The Balaban J connectivity index is 1.75. The molecule has 142 valence electrons. The van der Waals surface area contributed by atoms with Crippen molar-refractivity contribution in [1.82, 2.24) is 19.8 Å². The van der Waals surface area contributed by atoms with Crippen LogP contribution in [0.5, 0.6) is 5.75 Å². The van der Waals surface area contributed by atoms with Crippen molar-refractivity contribution in [2.24, 2.45) is 0 Å². The molecule has 0 saturated carbocycles. The minimum absolute atomic E-state index is 0.0573. The molecule has 2 heterocycles. The smallest absolute Gasteiger partial charge is 0.274 e. The van der Waals surface area contributed by atoms with Gasteiger partial charge in [0.25, 0.3) is 11.8 Å². The molecule has 2 aromatic rings. The highest BCUT2D eigenvalue weighted by Crippen LogP contribution is 2.26. The Bertz CT molecular complexity index is 839. The first kappa shape index (κ1) is 18.8. The molecule has 1 aromatic heterocycles. The molecule has 0 N–H and O–H groups in total. The second kappa shape index (κ2) is 8.16. The summed E-state index contributed by atoms with van der Waals surface area (Å²) in [5.74, 6) is 0.383. The van der Waals surface area contributed by atoms with Gasteiger partial charge in [-0.2, -0.15) is 0 Å². The van der Waals surface area contributed by atoms with Crippen molar-refractivity contribution in [1.29, 1.82) is 0 Å². The maximum absolute atomic E-state index is 13.1. The van der Waals surface area contributed by atoms with Crippen molar-refractivity contribution in [3.8, 4) is 5.75 Å². The van der Waals surface area contributed by atoms with Crippen LogP contribution in [0.3, 0.4) is 0 Å². The Hall–Kier alpha value is -2.96. The zero-order valence-electron chi connectivity index (χ0n) is 15.9. The van der Waals surface area contributed by atoms with Gasteiger partial charge in [-0.05, 0) is 37.5 Å². The average Bonchev–Trinajstić information content (AvgIpc) is 2.93. The van der Waals surface area contributed by atoms with Gasteiger partial charge in [0.05, 0.1) is 18.9 Å². The van der Waals surface area contributed by atoms with Crippen LogP contribution in [0.25, 0.3) is 0 Å². The molecule has 1 aliphatic heterocycles. The minimum atomic E-state index is -0.151. The molecule has 3 rings (SSSR count). The minimum Gasteiger partial charge on any atom is -0.496 e. The third-order valence-electron chi connectivity index (χ3n) is 4.73. The van der Waals surface area contributed by atoms with Gasteiger partial charge < -0.3 is 14.5 Å². The molecule has 7 heteroatoms. The molecule has 0 atom stereocenters. The lowest BCUT2D eigenvalue weighted by molar-refractivity contribution is 0.0713. The van der Waals surface area contributed by atoms with Crippen LogP contribution in [0.4, 0.5) is 0 Å². The van der Waals surface area contributed by atoms with Gasteiger partial charge in [-0.25, -0.2) is 4.98 Å². The van der Waals surface area contributed by atoms with Gasteiger partial charge in [0, 0.05) is 38.6 Å². The standard InChI is InChI=1S/C20H24N4O3/c1-14-11-15(2)18(17(12-14)27-3)20(26)24-8-4-7-23(9-10-24)19(25)16-13-21-5-6-22-16/h5-6,11-13H,4,7-10H2,1-3H3. The van der Waals surface area contributed by atoms with Crippen LogP contribution in [0.2, 0.25) is 0 Å². The summed E-state index contributed by atoms with van der Waals surface area (Å²) in [6.45, 7) is 6.02. The second-order valence-corrected chi connectivity index (χ2v) is 6.69. The van der Waals surface area contributed by atoms with Crippen molar-refractivity contribution in [3.05, 3.63) is 53.1 Å². The number of rotatable bonds is 3. The number of carbonyl (C=O) groups excluding carboxylic acids is 2.